The topological polar surface area (TPSA) is 51.7 Å². The number of fused-ring (bicyclic) bond motifs is 1. The summed E-state index contributed by atoms with van der Waals surface area (Å²) in [5, 5.41) is 18.4. The molecular weight excluding hydrogens is 250 g/mol. The van der Waals surface area contributed by atoms with E-state index in [1.807, 2.05) is 28.8 Å². The van der Waals surface area contributed by atoms with Crippen LogP contribution in [0.25, 0.3) is 5.52 Å². The Labute approximate surface area is 118 Å². The Balaban J connectivity index is 1.80. The molecule has 1 unspecified atom stereocenters. The van der Waals surface area contributed by atoms with Crippen LogP contribution in [0.1, 0.15) is 24.0 Å². The van der Waals surface area contributed by atoms with E-state index in [2.05, 4.69) is 17.2 Å². The van der Waals surface area contributed by atoms with Crippen LogP contribution in [-0.4, -0.2) is 34.1 Å². The minimum Gasteiger partial charge on any atom is -0.396 e. The molecule has 1 atom stereocenters. The first kappa shape index (κ1) is 13.2. The second kappa shape index (κ2) is 5.66. The molecule has 1 N–H and O–H groups in total. The number of rotatable bonds is 4. The van der Waals surface area contributed by atoms with Crippen molar-refractivity contribution in [2.45, 2.75) is 19.4 Å². The molecule has 2 aromatic heterocycles. The summed E-state index contributed by atoms with van der Waals surface area (Å²) in [5.74, 6) is 0.600. The second-order valence-electron chi connectivity index (χ2n) is 5.54. The lowest BCUT2D eigenvalue weighted by Gasteiger charge is -2.15. The minimum absolute atomic E-state index is 0.276. The lowest BCUT2D eigenvalue weighted by atomic mass is 10.1. The predicted molar refractivity (Wildman–Crippen MR) is 77.2 cm³/mol. The van der Waals surface area contributed by atoms with E-state index in [0.29, 0.717) is 5.92 Å². The van der Waals surface area contributed by atoms with Crippen LogP contribution >= 0.6 is 0 Å². The highest BCUT2D eigenvalue weighted by Gasteiger charge is 2.23. The maximum atomic E-state index is 9.40. The standard InChI is InChI=1S/C16H19N3O/c17-9-15-14(12-19-6-2-1-3-16(15)19)11-18-7-4-13(10-18)5-8-20/h1-3,6,12-13,20H,4-5,7-8,10-11H2. The highest BCUT2D eigenvalue weighted by molar-refractivity contribution is 5.65. The number of nitrogens with zero attached hydrogens (tertiary/aromatic N) is 3. The van der Waals surface area contributed by atoms with Crippen LogP contribution in [0.2, 0.25) is 0 Å². The molecule has 0 spiro atoms. The average Bonchev–Trinajstić information content (AvgIpc) is 3.03. The van der Waals surface area contributed by atoms with Crippen molar-refractivity contribution in [3.63, 3.8) is 0 Å². The van der Waals surface area contributed by atoms with Crippen molar-refractivity contribution >= 4 is 5.52 Å². The smallest absolute Gasteiger partial charge is 0.102 e. The van der Waals surface area contributed by atoms with Crippen molar-refractivity contribution in [2.75, 3.05) is 19.7 Å². The summed E-state index contributed by atoms with van der Waals surface area (Å²) in [4.78, 5) is 2.38. The van der Waals surface area contributed by atoms with E-state index in [-0.39, 0.29) is 6.61 Å². The number of nitriles is 1. The summed E-state index contributed by atoms with van der Waals surface area (Å²) in [7, 11) is 0. The summed E-state index contributed by atoms with van der Waals surface area (Å²) in [6.45, 7) is 3.18. The largest absolute Gasteiger partial charge is 0.396 e. The molecule has 1 fully saturated rings. The summed E-state index contributed by atoms with van der Waals surface area (Å²) in [6, 6.07) is 8.27. The molecule has 0 bridgehead atoms. The van der Waals surface area contributed by atoms with Crippen molar-refractivity contribution in [1.29, 1.82) is 5.26 Å². The highest BCUT2D eigenvalue weighted by atomic mass is 16.3. The van der Waals surface area contributed by atoms with E-state index in [9.17, 15) is 5.26 Å². The van der Waals surface area contributed by atoms with Crippen LogP contribution < -0.4 is 0 Å². The molecule has 1 aliphatic rings. The van der Waals surface area contributed by atoms with Gasteiger partial charge in [-0.2, -0.15) is 5.26 Å². The van der Waals surface area contributed by atoms with Gasteiger partial charge in [0.2, 0.25) is 0 Å². The van der Waals surface area contributed by atoms with Crippen LogP contribution in [0.3, 0.4) is 0 Å². The number of hydrogen-bond donors (Lipinski definition) is 1. The highest BCUT2D eigenvalue weighted by Crippen LogP contribution is 2.24. The van der Waals surface area contributed by atoms with Crippen molar-refractivity contribution in [3.05, 3.63) is 41.7 Å². The van der Waals surface area contributed by atoms with Crippen LogP contribution in [0.15, 0.2) is 30.6 Å². The van der Waals surface area contributed by atoms with E-state index < -0.39 is 0 Å². The van der Waals surface area contributed by atoms with Gasteiger partial charge >= 0.3 is 0 Å². The Morgan fingerprint density at radius 2 is 2.30 bits per heavy atom. The molecule has 4 nitrogen and oxygen atoms in total. The third-order valence-corrected chi connectivity index (χ3v) is 4.18. The van der Waals surface area contributed by atoms with Gasteiger partial charge < -0.3 is 9.51 Å². The SMILES string of the molecule is N#Cc1c(CN2CCC(CCO)C2)cn2ccccc12. The van der Waals surface area contributed by atoms with Gasteiger partial charge in [0, 0.05) is 37.7 Å². The average molecular weight is 269 g/mol. The first-order chi connectivity index (χ1) is 9.81. The summed E-state index contributed by atoms with van der Waals surface area (Å²) in [6.07, 6.45) is 6.08. The summed E-state index contributed by atoms with van der Waals surface area (Å²) in [5.41, 5.74) is 2.87. The fourth-order valence-corrected chi connectivity index (χ4v) is 3.14. The number of aromatic nitrogens is 1. The Morgan fingerprint density at radius 1 is 1.40 bits per heavy atom. The summed E-state index contributed by atoms with van der Waals surface area (Å²) < 4.78 is 2.02. The molecule has 3 rings (SSSR count). The van der Waals surface area contributed by atoms with Gasteiger partial charge in [0.15, 0.2) is 0 Å². The van der Waals surface area contributed by atoms with E-state index >= 15 is 0 Å². The Hall–Kier alpha value is -1.83. The molecule has 104 valence electrons. The quantitative estimate of drug-likeness (QED) is 0.924. The molecule has 20 heavy (non-hydrogen) atoms. The second-order valence-corrected chi connectivity index (χ2v) is 5.54. The molecule has 2 aromatic rings. The van der Waals surface area contributed by atoms with Crippen molar-refractivity contribution in [3.8, 4) is 6.07 Å². The molecule has 0 radical (unpaired) electrons. The summed E-state index contributed by atoms with van der Waals surface area (Å²) >= 11 is 0. The maximum Gasteiger partial charge on any atom is 0.102 e. The molecular formula is C16H19N3O. The van der Waals surface area contributed by atoms with Crippen LogP contribution in [0, 0.1) is 17.2 Å². The van der Waals surface area contributed by atoms with Gasteiger partial charge in [-0.25, -0.2) is 0 Å². The number of pyridine rings is 1. The normalized spacial score (nSPS) is 19.5. The third-order valence-electron chi connectivity index (χ3n) is 4.18. The number of likely N-dealkylation sites (tertiary alicyclic amines) is 1. The van der Waals surface area contributed by atoms with Crippen molar-refractivity contribution < 1.29 is 5.11 Å². The van der Waals surface area contributed by atoms with Crippen LogP contribution in [0.5, 0.6) is 0 Å². The zero-order valence-electron chi connectivity index (χ0n) is 11.5. The molecule has 3 heterocycles. The molecule has 0 saturated carbocycles. The Morgan fingerprint density at radius 3 is 3.10 bits per heavy atom. The van der Waals surface area contributed by atoms with Gasteiger partial charge in [0.25, 0.3) is 0 Å². The van der Waals surface area contributed by atoms with E-state index in [4.69, 9.17) is 5.11 Å². The molecule has 0 aliphatic carbocycles. The van der Waals surface area contributed by atoms with E-state index in [1.54, 1.807) is 0 Å². The van der Waals surface area contributed by atoms with E-state index in [0.717, 1.165) is 49.1 Å². The zero-order valence-corrected chi connectivity index (χ0v) is 11.5. The van der Waals surface area contributed by atoms with Gasteiger partial charge in [0.1, 0.15) is 6.07 Å². The van der Waals surface area contributed by atoms with Gasteiger partial charge in [0.05, 0.1) is 11.1 Å². The lowest BCUT2D eigenvalue weighted by molar-refractivity contribution is 0.249. The molecule has 4 heteroatoms. The first-order valence-electron chi connectivity index (χ1n) is 7.13. The molecule has 1 aliphatic heterocycles. The van der Waals surface area contributed by atoms with Crippen molar-refractivity contribution in [2.24, 2.45) is 5.92 Å². The minimum atomic E-state index is 0.276. The zero-order chi connectivity index (χ0) is 13.9. The Bertz CT molecular complexity index is 641. The third kappa shape index (κ3) is 2.43. The van der Waals surface area contributed by atoms with Gasteiger partial charge in [-0.1, -0.05) is 6.07 Å². The van der Waals surface area contributed by atoms with Gasteiger partial charge in [-0.05, 0) is 37.4 Å². The Kier molecular flexibility index (Phi) is 3.72. The van der Waals surface area contributed by atoms with Gasteiger partial charge in [-0.3, -0.25) is 4.90 Å². The van der Waals surface area contributed by atoms with Crippen molar-refractivity contribution in [1.82, 2.24) is 9.30 Å². The van der Waals surface area contributed by atoms with E-state index in [1.165, 1.54) is 0 Å². The number of aliphatic hydroxyl groups excluding tert-OH is 1. The first-order valence-corrected chi connectivity index (χ1v) is 7.13. The monoisotopic (exact) mass is 269 g/mol. The fraction of sp³-hybridized carbons (Fsp3) is 0.438. The number of aliphatic hydroxyl groups is 1. The van der Waals surface area contributed by atoms with Gasteiger partial charge in [-0.15, -0.1) is 0 Å². The predicted octanol–water partition coefficient (Wildman–Crippen LogP) is 2.02. The molecule has 0 aromatic carbocycles. The maximum absolute atomic E-state index is 9.40. The number of hydrogen-bond acceptors (Lipinski definition) is 3. The van der Waals surface area contributed by atoms with Crippen LogP contribution in [0.4, 0.5) is 0 Å². The van der Waals surface area contributed by atoms with Crippen LogP contribution in [-0.2, 0) is 6.54 Å². The molecule has 0 amide bonds. The molecule has 1 saturated heterocycles. The fourth-order valence-electron chi connectivity index (χ4n) is 3.14. The lowest BCUT2D eigenvalue weighted by Crippen LogP contribution is -2.20.